The summed E-state index contributed by atoms with van der Waals surface area (Å²) < 4.78 is 35.5. The lowest BCUT2D eigenvalue weighted by molar-refractivity contribution is -0.117. The highest BCUT2D eigenvalue weighted by Gasteiger charge is 2.32. The lowest BCUT2D eigenvalue weighted by atomic mass is 10.1. The highest BCUT2D eigenvalue weighted by atomic mass is 35.5. The van der Waals surface area contributed by atoms with Gasteiger partial charge in [-0.2, -0.15) is 0 Å². The molecule has 1 amide bonds. The average molecular weight is 483 g/mol. The van der Waals surface area contributed by atoms with Gasteiger partial charge in [0.1, 0.15) is 6.04 Å². The van der Waals surface area contributed by atoms with Crippen LogP contribution in [-0.2, 0) is 24.3 Å². The van der Waals surface area contributed by atoms with E-state index in [0.717, 1.165) is 10.6 Å². The van der Waals surface area contributed by atoms with Gasteiger partial charge in [-0.3, -0.25) is 9.10 Å². The Morgan fingerprint density at radius 1 is 1.03 bits per heavy atom. The van der Waals surface area contributed by atoms with E-state index in [2.05, 4.69) is 10.1 Å². The van der Waals surface area contributed by atoms with Gasteiger partial charge in [-0.15, -0.1) is 0 Å². The number of hydrogen-bond acceptors (Lipinski definition) is 7. The molecule has 172 valence electrons. The van der Waals surface area contributed by atoms with Gasteiger partial charge in [0.25, 0.3) is 0 Å². The van der Waals surface area contributed by atoms with Crippen LogP contribution in [0, 0.1) is 0 Å². The van der Waals surface area contributed by atoms with E-state index >= 15 is 0 Å². The molecule has 0 unspecified atom stereocenters. The fraction of sp³-hybridized carbons (Fsp3) is 0.286. The van der Waals surface area contributed by atoms with Gasteiger partial charge in [-0.1, -0.05) is 18.5 Å². The van der Waals surface area contributed by atoms with E-state index in [0.29, 0.717) is 5.02 Å². The van der Waals surface area contributed by atoms with Crippen LogP contribution in [-0.4, -0.2) is 52.8 Å². The van der Waals surface area contributed by atoms with Gasteiger partial charge in [0, 0.05) is 5.02 Å². The summed E-state index contributed by atoms with van der Waals surface area (Å²) in [6.07, 6.45) is 1.10. The second kappa shape index (κ2) is 10.5. The van der Waals surface area contributed by atoms with Crippen molar-refractivity contribution in [1.29, 1.82) is 0 Å². The van der Waals surface area contributed by atoms with Gasteiger partial charge in [-0.05, 0) is 48.9 Å². The molecular weight excluding hydrogens is 460 g/mol. The van der Waals surface area contributed by atoms with Crippen LogP contribution in [0.2, 0.25) is 5.02 Å². The highest BCUT2D eigenvalue weighted by molar-refractivity contribution is 7.92. The van der Waals surface area contributed by atoms with Gasteiger partial charge in [-0.25, -0.2) is 18.0 Å². The van der Waals surface area contributed by atoms with Crippen LogP contribution < -0.4 is 9.62 Å². The zero-order chi connectivity index (χ0) is 24.1. The molecule has 32 heavy (non-hydrogen) atoms. The topological polar surface area (TPSA) is 119 Å². The van der Waals surface area contributed by atoms with Crippen molar-refractivity contribution in [2.45, 2.75) is 19.4 Å². The zero-order valence-electron chi connectivity index (χ0n) is 17.9. The molecule has 11 heteroatoms. The van der Waals surface area contributed by atoms with Crippen molar-refractivity contribution in [2.24, 2.45) is 0 Å². The quantitative estimate of drug-likeness (QED) is 0.574. The van der Waals surface area contributed by atoms with Crippen LogP contribution in [0.4, 0.5) is 11.4 Å². The highest BCUT2D eigenvalue weighted by Crippen LogP contribution is 2.26. The molecule has 0 heterocycles. The number of benzene rings is 2. The van der Waals surface area contributed by atoms with Crippen LogP contribution in [0.15, 0.2) is 42.5 Å². The maximum Gasteiger partial charge on any atom is 0.339 e. The minimum atomic E-state index is -3.87. The Kier molecular flexibility index (Phi) is 8.23. The molecule has 2 rings (SSSR count). The fourth-order valence-electron chi connectivity index (χ4n) is 3.04. The number of methoxy groups -OCH3 is 2. The average Bonchev–Trinajstić information content (AvgIpc) is 2.76. The van der Waals surface area contributed by atoms with Gasteiger partial charge in [0.05, 0.1) is 43.0 Å². The van der Waals surface area contributed by atoms with Crippen LogP contribution in [0.25, 0.3) is 0 Å². The van der Waals surface area contributed by atoms with Crippen molar-refractivity contribution in [3.05, 3.63) is 58.6 Å². The van der Waals surface area contributed by atoms with E-state index in [1.807, 2.05) is 0 Å². The van der Waals surface area contributed by atoms with Gasteiger partial charge >= 0.3 is 11.9 Å². The van der Waals surface area contributed by atoms with Crippen molar-refractivity contribution < 1.29 is 32.3 Å². The Balaban J connectivity index is 2.50. The Bertz CT molecular complexity index is 1120. The third kappa shape index (κ3) is 5.77. The van der Waals surface area contributed by atoms with Crippen molar-refractivity contribution >= 4 is 50.8 Å². The number of rotatable bonds is 8. The maximum atomic E-state index is 13.2. The predicted octanol–water partition coefficient (Wildman–Crippen LogP) is 3.10. The number of esters is 2. The normalized spacial score (nSPS) is 11.9. The predicted molar refractivity (Wildman–Crippen MR) is 121 cm³/mol. The molecule has 0 fully saturated rings. The molecule has 0 aliphatic rings. The maximum absolute atomic E-state index is 13.2. The first kappa shape index (κ1) is 25.2. The molecular formula is C21H23ClN2O7S. The number of carbonyl (C=O) groups is 3. The lowest BCUT2D eigenvalue weighted by Crippen LogP contribution is -2.47. The van der Waals surface area contributed by atoms with Crippen LogP contribution in [0.5, 0.6) is 0 Å². The zero-order valence-corrected chi connectivity index (χ0v) is 19.5. The van der Waals surface area contributed by atoms with Crippen molar-refractivity contribution in [1.82, 2.24) is 0 Å². The second-order valence-corrected chi connectivity index (χ2v) is 8.99. The number of anilines is 2. The molecule has 0 aliphatic carbocycles. The molecule has 2 aromatic rings. The van der Waals surface area contributed by atoms with E-state index in [1.165, 1.54) is 56.7 Å². The summed E-state index contributed by atoms with van der Waals surface area (Å²) in [6.45, 7) is 1.64. The van der Waals surface area contributed by atoms with E-state index < -0.39 is 33.9 Å². The standard InChI is InChI=1S/C21H23ClN2O7S/c1-5-18(24(32(4,28)29)15-9-7-14(22)8-10-15)19(25)23-17-12-13(20(26)30-2)6-11-16(17)21(27)31-3/h6-12,18H,5H2,1-4H3,(H,23,25)/t18-/m0/s1. The monoisotopic (exact) mass is 482 g/mol. The minimum Gasteiger partial charge on any atom is -0.465 e. The van der Waals surface area contributed by atoms with E-state index in [-0.39, 0.29) is 28.9 Å². The Morgan fingerprint density at radius 3 is 2.12 bits per heavy atom. The van der Waals surface area contributed by atoms with Crippen LogP contribution in [0.3, 0.4) is 0 Å². The Hall–Kier alpha value is -3.11. The summed E-state index contributed by atoms with van der Waals surface area (Å²) in [5, 5.41) is 2.95. The number of hydrogen-bond donors (Lipinski definition) is 1. The fourth-order valence-corrected chi connectivity index (χ4v) is 4.38. The van der Waals surface area contributed by atoms with E-state index in [4.69, 9.17) is 16.3 Å². The van der Waals surface area contributed by atoms with E-state index in [1.54, 1.807) is 6.92 Å². The summed E-state index contributed by atoms with van der Waals surface area (Å²) in [5.41, 5.74) is 0.296. The number of carbonyl (C=O) groups excluding carboxylic acids is 3. The molecule has 2 aromatic carbocycles. The molecule has 1 N–H and O–H groups in total. The number of nitrogens with zero attached hydrogens (tertiary/aromatic N) is 1. The molecule has 0 aromatic heterocycles. The smallest absolute Gasteiger partial charge is 0.339 e. The van der Waals surface area contributed by atoms with Crippen molar-refractivity contribution in [3.8, 4) is 0 Å². The van der Waals surface area contributed by atoms with Crippen molar-refractivity contribution in [3.63, 3.8) is 0 Å². The third-order valence-corrected chi connectivity index (χ3v) is 5.95. The van der Waals surface area contributed by atoms with Gasteiger partial charge in [0.2, 0.25) is 15.9 Å². The molecule has 1 atom stereocenters. The minimum absolute atomic E-state index is 0.0132. The number of nitrogens with one attached hydrogen (secondary N) is 1. The van der Waals surface area contributed by atoms with E-state index in [9.17, 15) is 22.8 Å². The molecule has 9 nitrogen and oxygen atoms in total. The summed E-state index contributed by atoms with van der Waals surface area (Å²) in [6, 6.07) is 8.75. The first-order valence-corrected chi connectivity index (χ1v) is 11.6. The molecule has 0 saturated carbocycles. The van der Waals surface area contributed by atoms with Gasteiger partial charge < -0.3 is 14.8 Å². The molecule has 0 spiro atoms. The first-order valence-electron chi connectivity index (χ1n) is 9.40. The lowest BCUT2D eigenvalue weighted by Gasteiger charge is -2.30. The molecule has 0 bridgehead atoms. The number of ether oxygens (including phenoxy) is 2. The summed E-state index contributed by atoms with van der Waals surface area (Å²) in [4.78, 5) is 37.2. The van der Waals surface area contributed by atoms with Gasteiger partial charge in [0.15, 0.2) is 0 Å². The summed E-state index contributed by atoms with van der Waals surface area (Å²) in [7, 11) is -1.51. The SMILES string of the molecule is CC[C@@H](C(=O)Nc1cc(C(=O)OC)ccc1C(=O)OC)N(c1ccc(Cl)cc1)S(C)(=O)=O. The van der Waals surface area contributed by atoms with Crippen molar-refractivity contribution in [2.75, 3.05) is 30.1 Å². The number of sulfonamides is 1. The first-order chi connectivity index (χ1) is 15.0. The largest absolute Gasteiger partial charge is 0.465 e. The van der Waals surface area contributed by atoms with Crippen LogP contribution in [0.1, 0.15) is 34.1 Å². The van der Waals surface area contributed by atoms with Crippen LogP contribution >= 0.6 is 11.6 Å². The molecule has 0 aliphatic heterocycles. The number of amides is 1. The molecule has 0 radical (unpaired) electrons. The number of halogens is 1. The Morgan fingerprint density at radius 2 is 1.62 bits per heavy atom. The Labute approximate surface area is 191 Å². The molecule has 0 saturated heterocycles. The summed E-state index contributed by atoms with van der Waals surface area (Å²) >= 11 is 5.90. The third-order valence-electron chi connectivity index (χ3n) is 4.51. The second-order valence-electron chi connectivity index (χ2n) is 6.69. The summed E-state index contributed by atoms with van der Waals surface area (Å²) in [5.74, 6) is -2.13.